The Morgan fingerprint density at radius 2 is 1.09 bits per heavy atom. The van der Waals surface area contributed by atoms with Crippen LogP contribution in [0.5, 0.6) is 0 Å². The molecule has 0 aliphatic heterocycles. The molecule has 0 radical (unpaired) electrons. The molecule has 7 saturated carbocycles. The largest absolute Gasteiger partial charge is 0.258 e. The highest BCUT2D eigenvalue weighted by Gasteiger charge is 2.70. The van der Waals surface area contributed by atoms with Crippen LogP contribution >= 0.6 is 0 Å². The van der Waals surface area contributed by atoms with Crippen molar-refractivity contribution >= 4 is 0 Å². The number of rotatable bonds is 5. The average molecular weight is 601 g/mol. The first-order valence-corrected chi connectivity index (χ1v) is 17.5. The molecule has 12 rings (SSSR count). The SMILES string of the molecule is Cc1ccc(-c2cc(-c3nc(-c4ccccc4)nc(-c4ccccc4)n3)cc(C34CC5CC6C7CC(CC63)CC4C7C5)c2)c(C)n1. The van der Waals surface area contributed by atoms with Crippen LogP contribution in [0.15, 0.2) is 91.0 Å². The van der Waals surface area contributed by atoms with Crippen molar-refractivity contribution in [3.63, 3.8) is 0 Å². The molecule has 4 nitrogen and oxygen atoms in total. The van der Waals surface area contributed by atoms with E-state index in [1.54, 1.807) is 5.56 Å². The first-order chi connectivity index (χ1) is 22.5. The lowest BCUT2D eigenvalue weighted by molar-refractivity contribution is -0.220. The van der Waals surface area contributed by atoms with E-state index >= 15 is 0 Å². The van der Waals surface area contributed by atoms with E-state index in [2.05, 4.69) is 92.7 Å². The van der Waals surface area contributed by atoms with E-state index in [9.17, 15) is 0 Å². The number of benzene rings is 3. The molecule has 2 aromatic heterocycles. The Hall–Kier alpha value is -4.18. The van der Waals surface area contributed by atoms with Crippen molar-refractivity contribution in [2.24, 2.45) is 41.4 Å². The smallest absolute Gasteiger partial charge is 0.164 e. The Labute approximate surface area is 271 Å². The first-order valence-electron chi connectivity index (χ1n) is 17.5. The maximum atomic E-state index is 5.21. The number of aromatic nitrogens is 4. The topological polar surface area (TPSA) is 51.6 Å². The van der Waals surface area contributed by atoms with Gasteiger partial charge in [-0.25, -0.2) is 15.0 Å². The second kappa shape index (κ2) is 9.91. The first kappa shape index (κ1) is 27.0. The lowest BCUT2D eigenvalue weighted by Gasteiger charge is -2.74. The van der Waals surface area contributed by atoms with Gasteiger partial charge in [0, 0.05) is 39.1 Å². The Morgan fingerprint density at radius 3 is 1.70 bits per heavy atom. The summed E-state index contributed by atoms with van der Waals surface area (Å²) in [5.74, 6) is 8.50. The van der Waals surface area contributed by atoms with Crippen LogP contribution in [0.25, 0.3) is 45.3 Å². The molecule has 7 aliphatic carbocycles. The summed E-state index contributed by atoms with van der Waals surface area (Å²) in [5, 5.41) is 0. The van der Waals surface area contributed by atoms with E-state index in [0.717, 1.165) is 87.0 Å². The fourth-order valence-electron chi connectivity index (χ4n) is 11.6. The van der Waals surface area contributed by atoms with E-state index in [-0.39, 0.29) is 5.41 Å². The van der Waals surface area contributed by atoms with Crippen LogP contribution in [0, 0.1) is 55.3 Å². The molecular formula is C42H40N4. The molecule has 0 N–H and O–H groups in total. The average Bonchev–Trinajstić information content (AvgIpc) is 3.10. The van der Waals surface area contributed by atoms with Gasteiger partial charge >= 0.3 is 0 Å². The quantitative estimate of drug-likeness (QED) is 0.202. The van der Waals surface area contributed by atoms with Gasteiger partial charge in [0.25, 0.3) is 0 Å². The van der Waals surface area contributed by atoms with Gasteiger partial charge in [-0.05, 0) is 123 Å². The second-order valence-corrected chi connectivity index (χ2v) is 15.3. The summed E-state index contributed by atoms with van der Waals surface area (Å²) in [5.41, 5.74) is 9.55. The lowest BCUT2D eigenvalue weighted by Crippen LogP contribution is -2.69. The molecule has 3 aromatic carbocycles. The molecule has 46 heavy (non-hydrogen) atoms. The Morgan fingerprint density at radius 1 is 0.522 bits per heavy atom. The van der Waals surface area contributed by atoms with Gasteiger partial charge in [0.05, 0.1) is 0 Å². The lowest BCUT2D eigenvalue weighted by atomic mass is 9.30. The van der Waals surface area contributed by atoms with Crippen molar-refractivity contribution in [3.05, 3.63) is 108 Å². The number of hydrogen-bond donors (Lipinski definition) is 0. The summed E-state index contributed by atoms with van der Waals surface area (Å²) in [7, 11) is 0. The van der Waals surface area contributed by atoms with Gasteiger partial charge in [0.1, 0.15) is 0 Å². The van der Waals surface area contributed by atoms with Crippen molar-refractivity contribution < 1.29 is 0 Å². The van der Waals surface area contributed by atoms with Crippen LogP contribution in [0.4, 0.5) is 0 Å². The van der Waals surface area contributed by atoms with Crippen LogP contribution in [0.2, 0.25) is 0 Å². The summed E-state index contributed by atoms with van der Waals surface area (Å²) >= 11 is 0. The van der Waals surface area contributed by atoms with Crippen LogP contribution in [0.1, 0.15) is 55.5 Å². The zero-order valence-electron chi connectivity index (χ0n) is 26.7. The summed E-state index contributed by atoms with van der Waals surface area (Å²) in [6, 6.07) is 32.6. The molecule has 0 amide bonds. The maximum Gasteiger partial charge on any atom is 0.164 e. The van der Waals surface area contributed by atoms with Gasteiger partial charge in [0.2, 0.25) is 0 Å². The van der Waals surface area contributed by atoms with Crippen LogP contribution in [-0.4, -0.2) is 19.9 Å². The number of aryl methyl sites for hydroxylation is 2. The van der Waals surface area contributed by atoms with Gasteiger partial charge in [-0.15, -0.1) is 0 Å². The number of hydrogen-bond acceptors (Lipinski definition) is 4. The van der Waals surface area contributed by atoms with Gasteiger partial charge in [0.15, 0.2) is 17.5 Å². The molecule has 228 valence electrons. The maximum absolute atomic E-state index is 5.21. The highest BCUT2D eigenvalue weighted by molar-refractivity contribution is 5.75. The van der Waals surface area contributed by atoms with Crippen molar-refractivity contribution in [2.45, 2.75) is 57.8 Å². The zero-order valence-corrected chi connectivity index (χ0v) is 26.7. The molecular weight excluding hydrogens is 560 g/mol. The molecule has 4 atom stereocenters. The minimum atomic E-state index is 0.276. The summed E-state index contributed by atoms with van der Waals surface area (Å²) < 4.78 is 0. The fraction of sp³-hybridized carbons (Fsp3) is 0.381. The predicted octanol–water partition coefficient (Wildman–Crippen LogP) is 9.51. The highest BCUT2D eigenvalue weighted by atomic mass is 15.0. The normalized spacial score (nSPS) is 31.5. The Balaban J connectivity index is 1.21. The predicted molar refractivity (Wildman–Crippen MR) is 183 cm³/mol. The molecule has 5 aromatic rings. The van der Waals surface area contributed by atoms with Gasteiger partial charge < -0.3 is 0 Å². The van der Waals surface area contributed by atoms with Crippen molar-refractivity contribution in [2.75, 3.05) is 0 Å². The molecule has 0 spiro atoms. The molecule has 2 heterocycles. The van der Waals surface area contributed by atoms with E-state index in [0.29, 0.717) is 0 Å². The fourth-order valence-corrected chi connectivity index (χ4v) is 11.6. The van der Waals surface area contributed by atoms with Crippen molar-refractivity contribution in [1.82, 2.24) is 19.9 Å². The molecule has 8 bridgehead atoms. The van der Waals surface area contributed by atoms with Crippen molar-refractivity contribution in [3.8, 4) is 45.3 Å². The number of pyridine rings is 1. The van der Waals surface area contributed by atoms with Gasteiger partial charge in [-0.3, -0.25) is 4.98 Å². The number of nitrogens with zero attached hydrogens (tertiary/aromatic N) is 4. The molecule has 0 saturated heterocycles. The minimum Gasteiger partial charge on any atom is -0.258 e. The standard InChI is InChI=1S/C42H40N4/c1-24-13-14-33(25(2)43-24)30-20-31(41-45-39(28-9-5-3-6-10-28)44-40(46-41)29-11-7-4-8-12-29)22-32(21-30)42-23-27-16-35-34-15-26(18-37(35)42)19-38(42)36(34)17-27/h3-14,20-22,26-27,34-38H,15-19,23H2,1-2H3. The summed E-state index contributed by atoms with van der Waals surface area (Å²) in [6.07, 6.45) is 8.71. The van der Waals surface area contributed by atoms with Crippen LogP contribution in [0.3, 0.4) is 0 Å². The van der Waals surface area contributed by atoms with Crippen molar-refractivity contribution in [1.29, 1.82) is 0 Å². The third kappa shape index (κ3) is 3.91. The van der Waals surface area contributed by atoms with E-state index in [1.807, 2.05) is 12.1 Å². The van der Waals surface area contributed by atoms with E-state index in [1.165, 1.54) is 49.7 Å². The van der Waals surface area contributed by atoms with Crippen LogP contribution in [-0.2, 0) is 5.41 Å². The molecule has 4 unspecified atom stereocenters. The highest BCUT2D eigenvalue weighted by Crippen LogP contribution is 2.76. The third-order valence-corrected chi connectivity index (χ3v) is 13.0. The monoisotopic (exact) mass is 600 g/mol. The minimum absolute atomic E-state index is 0.276. The molecule has 7 fully saturated rings. The van der Waals surface area contributed by atoms with Gasteiger partial charge in [-0.2, -0.15) is 0 Å². The molecule has 7 aliphatic rings. The Bertz CT molecular complexity index is 1900. The summed E-state index contributed by atoms with van der Waals surface area (Å²) in [6.45, 7) is 4.24. The van der Waals surface area contributed by atoms with E-state index < -0.39 is 0 Å². The zero-order chi connectivity index (χ0) is 30.6. The summed E-state index contributed by atoms with van der Waals surface area (Å²) in [4.78, 5) is 20.3. The molecule has 4 heteroatoms. The second-order valence-electron chi connectivity index (χ2n) is 15.3. The third-order valence-electron chi connectivity index (χ3n) is 13.0. The van der Waals surface area contributed by atoms with E-state index in [4.69, 9.17) is 19.9 Å². The van der Waals surface area contributed by atoms with Crippen LogP contribution < -0.4 is 0 Å². The van der Waals surface area contributed by atoms with Gasteiger partial charge in [-0.1, -0.05) is 72.8 Å². The Kier molecular flexibility index (Phi) is 5.81.